The third kappa shape index (κ3) is 2.43. The Bertz CT molecular complexity index is 730. The van der Waals surface area contributed by atoms with Gasteiger partial charge in [0.1, 0.15) is 0 Å². The predicted molar refractivity (Wildman–Crippen MR) is 83.1 cm³/mol. The van der Waals surface area contributed by atoms with Gasteiger partial charge in [0, 0.05) is 17.0 Å². The molecule has 0 aromatic heterocycles. The molecule has 1 heterocycles. The molecule has 0 bridgehead atoms. The van der Waals surface area contributed by atoms with Gasteiger partial charge >= 0.3 is 0 Å². The number of Topliss-reactive ketones (excluding diaryl/α,β-unsaturated/α-hetero) is 1. The van der Waals surface area contributed by atoms with E-state index in [9.17, 15) is 9.59 Å². The van der Waals surface area contributed by atoms with Crippen molar-refractivity contribution in [3.63, 3.8) is 0 Å². The van der Waals surface area contributed by atoms with Crippen molar-refractivity contribution in [1.82, 2.24) is 0 Å². The number of rotatable bonds is 2. The van der Waals surface area contributed by atoms with Gasteiger partial charge in [-0.2, -0.15) is 0 Å². The number of benzene rings is 2. The van der Waals surface area contributed by atoms with Crippen molar-refractivity contribution in [2.75, 3.05) is 5.32 Å². The second-order valence-electron chi connectivity index (χ2n) is 4.94. The first kappa shape index (κ1) is 14.1. The fraction of sp³-hybridized carbons (Fsp3) is 0.125. The van der Waals surface area contributed by atoms with Gasteiger partial charge in [-0.05, 0) is 23.8 Å². The number of halogens is 2. The summed E-state index contributed by atoms with van der Waals surface area (Å²) in [5.41, 5.74) is 1.61. The minimum absolute atomic E-state index is 0.141. The number of nitrogens with one attached hydrogen (secondary N) is 1. The molecule has 0 spiro atoms. The average molecular weight is 320 g/mol. The van der Waals surface area contributed by atoms with Crippen molar-refractivity contribution in [3.05, 3.63) is 64.7 Å². The van der Waals surface area contributed by atoms with Crippen LogP contribution in [0, 0.1) is 0 Å². The van der Waals surface area contributed by atoms with Crippen LogP contribution in [0.3, 0.4) is 0 Å². The summed E-state index contributed by atoms with van der Waals surface area (Å²) in [4.78, 5) is 23.3. The van der Waals surface area contributed by atoms with Gasteiger partial charge in [0.05, 0.1) is 5.69 Å². The summed E-state index contributed by atoms with van der Waals surface area (Å²) < 4.78 is 0. The van der Waals surface area contributed by atoms with Gasteiger partial charge in [-0.15, -0.1) is 0 Å². The molecule has 0 fully saturated rings. The standard InChI is InChI=1S/C16H11Cl2NO2/c17-11-6-7-12-13(8-11)19-15(21)16(18,14(12)20)9-10-4-2-1-3-5-10/h1-8H,9H2,(H,19,21). The lowest BCUT2D eigenvalue weighted by Gasteiger charge is -2.30. The molecule has 2 aromatic rings. The van der Waals surface area contributed by atoms with Crippen molar-refractivity contribution in [2.24, 2.45) is 0 Å². The smallest absolute Gasteiger partial charge is 0.253 e. The van der Waals surface area contributed by atoms with E-state index >= 15 is 0 Å². The maximum absolute atomic E-state index is 12.6. The maximum atomic E-state index is 12.6. The Hall–Kier alpha value is -1.84. The first-order valence-corrected chi connectivity index (χ1v) is 7.15. The van der Waals surface area contributed by atoms with Gasteiger partial charge in [0.2, 0.25) is 0 Å². The van der Waals surface area contributed by atoms with Crippen LogP contribution in [0.1, 0.15) is 15.9 Å². The van der Waals surface area contributed by atoms with Crippen molar-refractivity contribution < 1.29 is 9.59 Å². The Morgan fingerprint density at radius 1 is 1.05 bits per heavy atom. The van der Waals surface area contributed by atoms with E-state index in [-0.39, 0.29) is 6.42 Å². The second-order valence-corrected chi connectivity index (χ2v) is 6.02. The number of anilines is 1. The van der Waals surface area contributed by atoms with Gasteiger partial charge < -0.3 is 5.32 Å². The van der Waals surface area contributed by atoms with E-state index in [1.807, 2.05) is 30.3 Å². The van der Waals surface area contributed by atoms with E-state index in [4.69, 9.17) is 23.2 Å². The van der Waals surface area contributed by atoms with Crippen LogP contribution < -0.4 is 5.32 Å². The number of hydrogen-bond acceptors (Lipinski definition) is 2. The van der Waals surface area contributed by atoms with Gasteiger partial charge in [-0.3, -0.25) is 9.59 Å². The summed E-state index contributed by atoms with van der Waals surface area (Å²) in [6, 6.07) is 14.0. The Balaban J connectivity index is 2.02. The van der Waals surface area contributed by atoms with Gasteiger partial charge in [-0.1, -0.05) is 53.5 Å². The molecule has 2 aromatic carbocycles. The number of carbonyl (C=O) groups excluding carboxylic acids is 2. The number of alkyl halides is 1. The lowest BCUT2D eigenvalue weighted by Crippen LogP contribution is -2.50. The van der Waals surface area contributed by atoms with E-state index in [0.717, 1.165) is 5.56 Å². The SMILES string of the molecule is O=C1Nc2cc(Cl)ccc2C(=O)C1(Cl)Cc1ccccc1. The minimum Gasteiger partial charge on any atom is -0.323 e. The van der Waals surface area contributed by atoms with Gasteiger partial charge in [0.25, 0.3) is 5.91 Å². The lowest BCUT2D eigenvalue weighted by molar-refractivity contribution is -0.117. The zero-order valence-electron chi connectivity index (χ0n) is 10.9. The van der Waals surface area contributed by atoms with Crippen LogP contribution in [-0.2, 0) is 11.2 Å². The van der Waals surface area contributed by atoms with Crippen LogP contribution in [0.15, 0.2) is 48.5 Å². The average Bonchev–Trinajstić information content (AvgIpc) is 2.46. The molecule has 1 N–H and O–H groups in total. The van der Waals surface area contributed by atoms with Crippen molar-refractivity contribution in [2.45, 2.75) is 11.3 Å². The number of fused-ring (bicyclic) bond motifs is 1. The van der Waals surface area contributed by atoms with E-state index in [2.05, 4.69) is 5.32 Å². The Kier molecular flexibility index (Phi) is 3.47. The molecule has 21 heavy (non-hydrogen) atoms. The highest BCUT2D eigenvalue weighted by Gasteiger charge is 2.48. The van der Waals surface area contributed by atoms with Gasteiger partial charge in [0.15, 0.2) is 10.7 Å². The van der Waals surface area contributed by atoms with E-state index in [1.165, 1.54) is 0 Å². The summed E-state index contributed by atoms with van der Waals surface area (Å²) in [6.07, 6.45) is 0.141. The van der Waals surface area contributed by atoms with E-state index in [1.54, 1.807) is 18.2 Å². The highest BCUT2D eigenvalue weighted by atomic mass is 35.5. The predicted octanol–water partition coefficient (Wildman–Crippen LogP) is 3.70. The monoisotopic (exact) mass is 319 g/mol. The first-order chi connectivity index (χ1) is 10.0. The molecular weight excluding hydrogens is 309 g/mol. The molecule has 1 atom stereocenters. The molecule has 0 saturated carbocycles. The topological polar surface area (TPSA) is 46.2 Å². The van der Waals surface area contributed by atoms with Crippen molar-refractivity contribution >= 4 is 40.6 Å². The fourth-order valence-electron chi connectivity index (χ4n) is 2.39. The summed E-state index contributed by atoms with van der Waals surface area (Å²) in [5, 5.41) is 3.12. The molecule has 3 nitrogen and oxygen atoms in total. The normalized spacial score (nSPS) is 20.9. The third-order valence-corrected chi connectivity index (χ3v) is 4.20. The number of ketones is 1. The van der Waals surface area contributed by atoms with Gasteiger partial charge in [-0.25, -0.2) is 0 Å². The van der Waals surface area contributed by atoms with Crippen LogP contribution in [0.25, 0.3) is 0 Å². The maximum Gasteiger partial charge on any atom is 0.253 e. The van der Waals surface area contributed by atoms with Crippen LogP contribution in [0.5, 0.6) is 0 Å². The summed E-state index contributed by atoms with van der Waals surface area (Å²) in [7, 11) is 0. The highest BCUT2D eigenvalue weighted by molar-refractivity contribution is 6.52. The molecule has 1 amide bonds. The zero-order chi connectivity index (χ0) is 15.0. The Morgan fingerprint density at radius 3 is 2.48 bits per heavy atom. The second kappa shape index (κ2) is 5.17. The molecule has 0 aliphatic carbocycles. The third-order valence-electron chi connectivity index (χ3n) is 3.48. The first-order valence-electron chi connectivity index (χ1n) is 6.39. The largest absolute Gasteiger partial charge is 0.323 e. The van der Waals surface area contributed by atoms with E-state index < -0.39 is 16.6 Å². The Labute approximate surface area is 131 Å². The molecule has 0 saturated heterocycles. The van der Waals surface area contributed by atoms with E-state index in [0.29, 0.717) is 16.3 Å². The number of carbonyl (C=O) groups is 2. The Morgan fingerprint density at radius 2 is 1.76 bits per heavy atom. The summed E-state index contributed by atoms with van der Waals surface area (Å²) >= 11 is 12.3. The molecule has 1 aliphatic rings. The zero-order valence-corrected chi connectivity index (χ0v) is 12.4. The van der Waals surface area contributed by atoms with Crippen molar-refractivity contribution in [1.29, 1.82) is 0 Å². The lowest BCUT2D eigenvalue weighted by atomic mass is 9.86. The molecule has 1 aliphatic heterocycles. The molecule has 106 valence electrons. The summed E-state index contributed by atoms with van der Waals surface area (Å²) in [6.45, 7) is 0. The van der Waals surface area contributed by atoms with Crippen LogP contribution in [0.2, 0.25) is 5.02 Å². The number of amides is 1. The molecule has 1 unspecified atom stereocenters. The quantitative estimate of drug-likeness (QED) is 0.677. The van der Waals surface area contributed by atoms with Crippen molar-refractivity contribution in [3.8, 4) is 0 Å². The van der Waals surface area contributed by atoms with Crippen LogP contribution >= 0.6 is 23.2 Å². The molecule has 0 radical (unpaired) electrons. The molecule has 3 rings (SSSR count). The molecule has 5 heteroatoms. The highest BCUT2D eigenvalue weighted by Crippen LogP contribution is 2.36. The fourth-order valence-corrected chi connectivity index (χ4v) is 2.87. The summed E-state index contributed by atoms with van der Waals surface area (Å²) in [5.74, 6) is -0.920. The molecular formula is C16H11Cl2NO2. The van der Waals surface area contributed by atoms with Crippen LogP contribution in [-0.4, -0.2) is 16.6 Å². The minimum atomic E-state index is -1.62. The number of hydrogen-bond donors (Lipinski definition) is 1. The van der Waals surface area contributed by atoms with Crippen LogP contribution in [0.4, 0.5) is 5.69 Å².